The van der Waals surface area contributed by atoms with E-state index in [0.717, 1.165) is 18.1 Å². The molecule has 1 fully saturated rings. The van der Waals surface area contributed by atoms with Gasteiger partial charge in [-0.15, -0.1) is 0 Å². The lowest BCUT2D eigenvalue weighted by Crippen LogP contribution is -2.38. The van der Waals surface area contributed by atoms with E-state index in [2.05, 4.69) is 25.7 Å². The minimum absolute atomic E-state index is 0.0516. The fraction of sp³-hybridized carbons (Fsp3) is 0.600. The van der Waals surface area contributed by atoms with E-state index in [1.54, 1.807) is 6.07 Å². The van der Waals surface area contributed by atoms with Crippen molar-refractivity contribution in [2.75, 3.05) is 6.54 Å². The number of aliphatic hydroxyl groups excluding tert-OH is 1. The molecule has 1 aliphatic heterocycles. The number of rotatable bonds is 2. The second-order valence-corrected chi connectivity index (χ2v) is 6.45. The van der Waals surface area contributed by atoms with Crippen LogP contribution in [0.3, 0.4) is 0 Å². The molecule has 0 aromatic heterocycles. The van der Waals surface area contributed by atoms with Gasteiger partial charge in [-0.2, -0.15) is 0 Å². The van der Waals surface area contributed by atoms with Crippen molar-refractivity contribution in [3.05, 3.63) is 35.4 Å². The Bertz CT molecular complexity index is 456. The van der Waals surface area contributed by atoms with Crippen LogP contribution in [0.1, 0.15) is 32.8 Å². The van der Waals surface area contributed by atoms with Crippen molar-refractivity contribution in [2.24, 2.45) is 5.41 Å². The van der Waals surface area contributed by atoms with Crippen LogP contribution in [0.25, 0.3) is 0 Å². The highest BCUT2D eigenvalue weighted by Gasteiger charge is 2.38. The van der Waals surface area contributed by atoms with Gasteiger partial charge in [0, 0.05) is 19.1 Å². The Morgan fingerprint density at radius 1 is 1.26 bits per heavy atom. The maximum absolute atomic E-state index is 13.2. The molecule has 1 unspecified atom stereocenters. The topological polar surface area (TPSA) is 23.5 Å². The molecule has 1 heterocycles. The summed E-state index contributed by atoms with van der Waals surface area (Å²) >= 11 is 0. The molecule has 2 nitrogen and oxygen atoms in total. The fourth-order valence-corrected chi connectivity index (χ4v) is 2.83. The molecule has 106 valence electrons. The highest BCUT2D eigenvalue weighted by Crippen LogP contribution is 2.33. The van der Waals surface area contributed by atoms with Crippen molar-refractivity contribution in [3.63, 3.8) is 0 Å². The van der Waals surface area contributed by atoms with Crippen molar-refractivity contribution in [1.29, 1.82) is 0 Å². The summed E-state index contributed by atoms with van der Waals surface area (Å²) in [4.78, 5) is 2.15. The smallest absolute Gasteiger partial charge is 0.159 e. The van der Waals surface area contributed by atoms with Crippen LogP contribution in [0.4, 0.5) is 8.78 Å². The lowest BCUT2D eigenvalue weighted by Gasteiger charge is -2.34. The Labute approximate surface area is 113 Å². The van der Waals surface area contributed by atoms with Crippen molar-refractivity contribution in [1.82, 2.24) is 4.90 Å². The van der Waals surface area contributed by atoms with Gasteiger partial charge in [0.1, 0.15) is 0 Å². The molecule has 2 atom stereocenters. The Morgan fingerprint density at radius 2 is 1.95 bits per heavy atom. The van der Waals surface area contributed by atoms with Crippen molar-refractivity contribution >= 4 is 0 Å². The van der Waals surface area contributed by atoms with Gasteiger partial charge >= 0.3 is 0 Å². The van der Waals surface area contributed by atoms with E-state index in [4.69, 9.17) is 0 Å². The zero-order valence-electron chi connectivity index (χ0n) is 11.7. The first-order valence-electron chi connectivity index (χ1n) is 6.63. The van der Waals surface area contributed by atoms with Crippen LogP contribution >= 0.6 is 0 Å². The highest BCUT2D eigenvalue weighted by molar-refractivity contribution is 5.18. The van der Waals surface area contributed by atoms with Gasteiger partial charge in [-0.1, -0.05) is 26.8 Å². The summed E-state index contributed by atoms with van der Waals surface area (Å²) in [6.45, 7) is 7.52. The summed E-state index contributed by atoms with van der Waals surface area (Å²) in [5.41, 5.74) is 0.790. The van der Waals surface area contributed by atoms with Crippen LogP contribution in [0.5, 0.6) is 0 Å². The summed E-state index contributed by atoms with van der Waals surface area (Å²) in [7, 11) is 0. The maximum Gasteiger partial charge on any atom is 0.159 e. The first-order chi connectivity index (χ1) is 8.77. The van der Waals surface area contributed by atoms with E-state index in [-0.39, 0.29) is 17.6 Å². The number of likely N-dealkylation sites (tertiary alicyclic amines) is 1. The number of β-amino-alcohol motifs (C(OH)–C–C–N with tert-alkyl or cyclic N) is 1. The third-order valence-corrected chi connectivity index (χ3v) is 3.75. The van der Waals surface area contributed by atoms with E-state index < -0.39 is 11.6 Å². The molecule has 0 saturated carbocycles. The number of benzene rings is 1. The van der Waals surface area contributed by atoms with Gasteiger partial charge in [0.05, 0.1) is 6.10 Å². The van der Waals surface area contributed by atoms with Crippen LogP contribution in [-0.2, 0) is 6.54 Å². The quantitative estimate of drug-likeness (QED) is 0.892. The molecule has 1 N–H and O–H groups in total. The number of aliphatic hydroxyl groups is 1. The minimum atomic E-state index is -0.822. The van der Waals surface area contributed by atoms with Crippen LogP contribution in [0.2, 0.25) is 0 Å². The second kappa shape index (κ2) is 5.17. The number of nitrogens with zero attached hydrogens (tertiary/aromatic N) is 1. The largest absolute Gasteiger partial charge is 0.392 e. The zero-order chi connectivity index (χ0) is 14.2. The fourth-order valence-electron chi connectivity index (χ4n) is 2.83. The predicted octanol–water partition coefficient (Wildman–Crippen LogP) is 2.95. The molecule has 0 bridgehead atoms. The molecule has 0 spiro atoms. The average Bonchev–Trinajstić information content (AvgIpc) is 2.65. The van der Waals surface area contributed by atoms with Crippen LogP contribution in [0.15, 0.2) is 18.2 Å². The summed E-state index contributed by atoms with van der Waals surface area (Å²) in [6.07, 6.45) is 0.391. The summed E-state index contributed by atoms with van der Waals surface area (Å²) in [5, 5.41) is 9.83. The third kappa shape index (κ3) is 3.31. The van der Waals surface area contributed by atoms with E-state index in [9.17, 15) is 13.9 Å². The first kappa shape index (κ1) is 14.4. The summed E-state index contributed by atoms with van der Waals surface area (Å²) in [6, 6.07) is 4.24. The van der Waals surface area contributed by atoms with Gasteiger partial charge in [0.25, 0.3) is 0 Å². The average molecular weight is 269 g/mol. The Hall–Kier alpha value is -1.00. The number of hydrogen-bond donors (Lipinski definition) is 1. The summed E-state index contributed by atoms with van der Waals surface area (Å²) in [5.74, 6) is -1.64. The molecule has 1 aliphatic rings. The van der Waals surface area contributed by atoms with Gasteiger partial charge in [-0.3, -0.25) is 4.90 Å². The van der Waals surface area contributed by atoms with E-state index in [1.807, 2.05) is 0 Å². The van der Waals surface area contributed by atoms with Crippen molar-refractivity contribution in [2.45, 2.75) is 45.9 Å². The third-order valence-electron chi connectivity index (χ3n) is 3.75. The Balaban J connectivity index is 2.14. The Kier molecular flexibility index (Phi) is 3.92. The molecule has 0 amide bonds. The monoisotopic (exact) mass is 269 g/mol. The van der Waals surface area contributed by atoms with Gasteiger partial charge in [-0.25, -0.2) is 8.78 Å². The summed E-state index contributed by atoms with van der Waals surface area (Å²) < 4.78 is 26.1. The SMILES string of the molecule is CC(C)(C)C1C[C@@H](O)CN1Cc1ccc(F)c(F)c1. The number of hydrogen-bond acceptors (Lipinski definition) is 2. The number of halogens is 2. The minimum Gasteiger partial charge on any atom is -0.392 e. The molecule has 0 radical (unpaired) electrons. The van der Waals surface area contributed by atoms with Crippen LogP contribution in [0, 0.1) is 17.0 Å². The molecule has 2 rings (SSSR count). The molecular formula is C15H21F2NO. The normalized spacial score (nSPS) is 24.9. The van der Waals surface area contributed by atoms with Crippen molar-refractivity contribution in [3.8, 4) is 0 Å². The van der Waals surface area contributed by atoms with Crippen LogP contribution < -0.4 is 0 Å². The van der Waals surface area contributed by atoms with Crippen LogP contribution in [-0.4, -0.2) is 28.7 Å². The van der Waals surface area contributed by atoms with E-state index in [0.29, 0.717) is 13.1 Å². The molecule has 19 heavy (non-hydrogen) atoms. The van der Waals surface area contributed by atoms with Crippen molar-refractivity contribution < 1.29 is 13.9 Å². The first-order valence-corrected chi connectivity index (χ1v) is 6.63. The van der Waals surface area contributed by atoms with Gasteiger partial charge < -0.3 is 5.11 Å². The van der Waals surface area contributed by atoms with Gasteiger partial charge in [-0.05, 0) is 29.5 Å². The molecular weight excluding hydrogens is 248 g/mol. The lowest BCUT2D eigenvalue weighted by molar-refractivity contribution is 0.133. The van der Waals surface area contributed by atoms with E-state index >= 15 is 0 Å². The molecule has 0 aliphatic carbocycles. The highest BCUT2D eigenvalue weighted by atomic mass is 19.2. The predicted molar refractivity (Wildman–Crippen MR) is 70.6 cm³/mol. The molecule has 1 aromatic carbocycles. The zero-order valence-corrected chi connectivity index (χ0v) is 11.7. The van der Waals surface area contributed by atoms with E-state index in [1.165, 1.54) is 6.07 Å². The van der Waals surface area contributed by atoms with Gasteiger partial charge in [0.2, 0.25) is 0 Å². The lowest BCUT2D eigenvalue weighted by atomic mass is 9.85. The second-order valence-electron chi connectivity index (χ2n) is 6.45. The molecule has 1 saturated heterocycles. The Morgan fingerprint density at radius 3 is 2.53 bits per heavy atom. The standard InChI is InChI=1S/C15H21F2NO/c1-15(2,3)14-7-11(19)9-18(14)8-10-4-5-12(16)13(17)6-10/h4-6,11,14,19H,7-9H2,1-3H3/t11-,14?/m1/s1. The molecule has 1 aromatic rings. The van der Waals surface area contributed by atoms with Gasteiger partial charge in [0.15, 0.2) is 11.6 Å². The maximum atomic E-state index is 13.2. The molecule has 4 heteroatoms.